The van der Waals surface area contributed by atoms with Crippen LogP contribution in [0.4, 0.5) is 17.1 Å². The van der Waals surface area contributed by atoms with Gasteiger partial charge in [0.25, 0.3) is 17.5 Å². The Morgan fingerprint density at radius 2 is 1.75 bits per heavy atom. The van der Waals surface area contributed by atoms with Gasteiger partial charge in [-0.3, -0.25) is 19.7 Å². The van der Waals surface area contributed by atoms with Crippen molar-refractivity contribution in [2.75, 3.05) is 30.8 Å². The largest absolute Gasteiger partial charge is 0.383 e. The zero-order valence-corrected chi connectivity index (χ0v) is 15.6. The van der Waals surface area contributed by atoms with E-state index in [4.69, 9.17) is 0 Å². The van der Waals surface area contributed by atoms with Crippen molar-refractivity contribution in [3.05, 3.63) is 63.7 Å². The first kappa shape index (κ1) is 19.3. The van der Waals surface area contributed by atoms with Gasteiger partial charge < -0.3 is 15.5 Å². The molecule has 8 nitrogen and oxygen atoms in total. The van der Waals surface area contributed by atoms with Crippen LogP contribution >= 0.6 is 0 Å². The molecule has 2 aromatic carbocycles. The van der Waals surface area contributed by atoms with Crippen molar-refractivity contribution in [3.8, 4) is 0 Å². The average Bonchev–Trinajstić information content (AvgIpc) is 2.73. The summed E-state index contributed by atoms with van der Waals surface area (Å²) in [7, 11) is 1.57. The summed E-state index contributed by atoms with van der Waals surface area (Å²) in [4.78, 5) is 38.0. The summed E-state index contributed by atoms with van der Waals surface area (Å²) in [6.07, 6.45) is 3.06. The van der Waals surface area contributed by atoms with E-state index in [1.165, 1.54) is 18.2 Å². The summed E-state index contributed by atoms with van der Waals surface area (Å²) in [5.41, 5.74) is 1.09. The highest BCUT2D eigenvalue weighted by molar-refractivity contribution is 6.09. The van der Waals surface area contributed by atoms with E-state index in [1.807, 2.05) is 0 Å². The average molecular weight is 382 g/mol. The molecule has 1 aliphatic heterocycles. The lowest BCUT2D eigenvalue weighted by Gasteiger charge is -2.27. The van der Waals surface area contributed by atoms with Crippen LogP contribution in [0.25, 0.3) is 0 Å². The quantitative estimate of drug-likeness (QED) is 0.608. The predicted octanol–water partition coefficient (Wildman–Crippen LogP) is 3.51. The number of nitrogens with one attached hydrogen (secondary N) is 2. The van der Waals surface area contributed by atoms with Crippen LogP contribution in [0.15, 0.2) is 42.5 Å². The van der Waals surface area contributed by atoms with Gasteiger partial charge in [0.15, 0.2) is 0 Å². The fourth-order valence-corrected chi connectivity index (χ4v) is 3.28. The number of nitro groups is 1. The number of para-hydroxylation sites is 1. The minimum atomic E-state index is -0.545. The number of nitro benzene ring substituents is 1. The van der Waals surface area contributed by atoms with Gasteiger partial charge in [-0.2, -0.15) is 0 Å². The van der Waals surface area contributed by atoms with Gasteiger partial charge in [0.1, 0.15) is 5.69 Å². The van der Waals surface area contributed by atoms with E-state index >= 15 is 0 Å². The number of hydrogen-bond acceptors (Lipinski definition) is 5. The lowest BCUT2D eigenvalue weighted by molar-refractivity contribution is -0.384. The molecule has 146 valence electrons. The van der Waals surface area contributed by atoms with Gasteiger partial charge >= 0.3 is 0 Å². The molecule has 3 rings (SSSR count). The number of piperidine rings is 1. The van der Waals surface area contributed by atoms with Crippen LogP contribution in [0.3, 0.4) is 0 Å². The predicted molar refractivity (Wildman–Crippen MR) is 107 cm³/mol. The molecule has 0 aromatic heterocycles. The van der Waals surface area contributed by atoms with E-state index < -0.39 is 10.8 Å². The van der Waals surface area contributed by atoms with E-state index in [2.05, 4.69) is 10.6 Å². The number of anilines is 2. The van der Waals surface area contributed by atoms with E-state index in [9.17, 15) is 19.7 Å². The Balaban J connectivity index is 1.84. The maximum Gasteiger partial charge on any atom is 0.293 e. The Labute approximate surface area is 162 Å². The second-order valence-electron chi connectivity index (χ2n) is 6.59. The number of carbonyl (C=O) groups excluding carboxylic acids is 2. The molecule has 1 saturated heterocycles. The molecule has 2 N–H and O–H groups in total. The molecule has 1 aliphatic rings. The highest BCUT2D eigenvalue weighted by Crippen LogP contribution is 2.26. The van der Waals surface area contributed by atoms with Gasteiger partial charge in [0, 0.05) is 31.8 Å². The maximum atomic E-state index is 12.8. The van der Waals surface area contributed by atoms with E-state index in [0.717, 1.165) is 19.3 Å². The first-order valence-corrected chi connectivity index (χ1v) is 9.17. The van der Waals surface area contributed by atoms with E-state index in [-0.39, 0.29) is 17.2 Å². The topological polar surface area (TPSA) is 105 Å². The minimum absolute atomic E-state index is 0.118. The van der Waals surface area contributed by atoms with Crippen LogP contribution < -0.4 is 10.6 Å². The fourth-order valence-electron chi connectivity index (χ4n) is 3.28. The van der Waals surface area contributed by atoms with Crippen LogP contribution in [0.1, 0.15) is 40.0 Å². The first-order chi connectivity index (χ1) is 13.5. The summed E-state index contributed by atoms with van der Waals surface area (Å²) in [5, 5.41) is 16.7. The Morgan fingerprint density at radius 1 is 1.04 bits per heavy atom. The van der Waals surface area contributed by atoms with E-state index in [1.54, 1.807) is 36.2 Å². The zero-order valence-electron chi connectivity index (χ0n) is 15.6. The molecule has 2 aromatic rings. The third kappa shape index (κ3) is 4.11. The molecule has 0 spiro atoms. The Morgan fingerprint density at radius 3 is 2.43 bits per heavy atom. The van der Waals surface area contributed by atoms with Crippen molar-refractivity contribution in [2.24, 2.45) is 0 Å². The van der Waals surface area contributed by atoms with Gasteiger partial charge in [-0.1, -0.05) is 12.1 Å². The summed E-state index contributed by atoms with van der Waals surface area (Å²) in [5.74, 6) is -0.628. The number of nitrogens with zero attached hydrogens (tertiary/aromatic N) is 2. The van der Waals surface area contributed by atoms with Crippen molar-refractivity contribution in [2.45, 2.75) is 19.3 Å². The number of likely N-dealkylation sites (tertiary alicyclic amines) is 1. The van der Waals surface area contributed by atoms with Crippen LogP contribution in [0, 0.1) is 10.1 Å². The Hall–Kier alpha value is -3.42. The number of benzene rings is 2. The van der Waals surface area contributed by atoms with Gasteiger partial charge in [-0.25, -0.2) is 0 Å². The zero-order chi connectivity index (χ0) is 20.1. The third-order valence-corrected chi connectivity index (χ3v) is 4.77. The minimum Gasteiger partial charge on any atom is -0.383 e. The number of amides is 2. The molecule has 0 aliphatic carbocycles. The van der Waals surface area contributed by atoms with E-state index in [0.29, 0.717) is 30.0 Å². The highest BCUT2D eigenvalue weighted by atomic mass is 16.6. The van der Waals surface area contributed by atoms with Gasteiger partial charge in [-0.05, 0) is 43.5 Å². The van der Waals surface area contributed by atoms with Crippen molar-refractivity contribution < 1.29 is 14.5 Å². The molecular weight excluding hydrogens is 360 g/mol. The molecule has 0 radical (unpaired) electrons. The summed E-state index contributed by atoms with van der Waals surface area (Å²) >= 11 is 0. The monoisotopic (exact) mass is 382 g/mol. The smallest absolute Gasteiger partial charge is 0.293 e. The summed E-state index contributed by atoms with van der Waals surface area (Å²) in [6, 6.07) is 11.0. The molecule has 8 heteroatoms. The maximum absolute atomic E-state index is 12.8. The second-order valence-corrected chi connectivity index (χ2v) is 6.59. The SMILES string of the molecule is CNc1ccc(C(=O)Nc2ccccc2C(=O)N2CCCCC2)cc1[N+](=O)[O-]. The Kier molecular flexibility index (Phi) is 5.88. The van der Waals surface area contributed by atoms with Gasteiger partial charge in [-0.15, -0.1) is 0 Å². The molecule has 1 fully saturated rings. The van der Waals surface area contributed by atoms with Crippen molar-refractivity contribution >= 4 is 28.9 Å². The van der Waals surface area contributed by atoms with Crippen LogP contribution in [0.5, 0.6) is 0 Å². The Bertz CT molecular complexity index is 907. The van der Waals surface area contributed by atoms with Crippen molar-refractivity contribution in [3.63, 3.8) is 0 Å². The summed E-state index contributed by atoms with van der Waals surface area (Å²) in [6.45, 7) is 1.41. The number of rotatable bonds is 5. The fraction of sp³-hybridized carbons (Fsp3) is 0.300. The molecule has 0 saturated carbocycles. The lowest BCUT2D eigenvalue weighted by Crippen LogP contribution is -2.36. The van der Waals surface area contributed by atoms with Crippen LogP contribution in [-0.4, -0.2) is 41.8 Å². The van der Waals surface area contributed by atoms with Crippen LogP contribution in [-0.2, 0) is 0 Å². The normalized spacial score (nSPS) is 13.7. The highest BCUT2D eigenvalue weighted by Gasteiger charge is 2.22. The molecule has 28 heavy (non-hydrogen) atoms. The number of carbonyl (C=O) groups is 2. The second kappa shape index (κ2) is 8.51. The van der Waals surface area contributed by atoms with Crippen LogP contribution in [0.2, 0.25) is 0 Å². The molecule has 0 atom stereocenters. The van der Waals surface area contributed by atoms with Crippen molar-refractivity contribution in [1.29, 1.82) is 0 Å². The molecule has 2 amide bonds. The number of hydrogen-bond donors (Lipinski definition) is 2. The van der Waals surface area contributed by atoms with Gasteiger partial charge in [0.05, 0.1) is 16.2 Å². The standard InChI is InChI=1S/C20H22N4O4/c1-21-17-10-9-14(13-18(17)24(27)28)19(25)22-16-8-4-3-7-15(16)20(26)23-11-5-2-6-12-23/h3-4,7-10,13,21H,2,5-6,11-12H2,1H3,(H,22,25). The molecular formula is C20H22N4O4. The van der Waals surface area contributed by atoms with Gasteiger partial charge in [0.2, 0.25) is 0 Å². The molecule has 0 bridgehead atoms. The lowest BCUT2D eigenvalue weighted by atomic mass is 10.1. The van der Waals surface area contributed by atoms with Crippen molar-refractivity contribution in [1.82, 2.24) is 4.90 Å². The first-order valence-electron chi connectivity index (χ1n) is 9.17. The molecule has 0 unspecified atom stereocenters. The summed E-state index contributed by atoms with van der Waals surface area (Å²) < 4.78 is 0. The molecule has 1 heterocycles. The third-order valence-electron chi connectivity index (χ3n) is 4.77.